The maximum atomic E-state index is 14.4. The van der Waals surface area contributed by atoms with Crippen LogP contribution in [0.4, 0.5) is 34.9 Å². The van der Waals surface area contributed by atoms with Crippen LogP contribution in [0, 0.1) is 35.4 Å². The first-order chi connectivity index (χ1) is 42.1. The molecular formula is C66H43F4N11O4Pt3S2+2. The van der Waals surface area contributed by atoms with Gasteiger partial charge in [-0.2, -0.15) is 18.9 Å². The van der Waals surface area contributed by atoms with Crippen molar-refractivity contribution in [3.05, 3.63) is 268 Å². The van der Waals surface area contributed by atoms with Crippen LogP contribution >= 0.6 is 0 Å². The fourth-order valence-electron chi connectivity index (χ4n) is 9.71. The fraction of sp³-hybridized carbons (Fsp3) is 0.0606. The van der Waals surface area contributed by atoms with Gasteiger partial charge in [-0.15, -0.1) is 24.3 Å². The van der Waals surface area contributed by atoms with Crippen LogP contribution in [0.25, 0.3) is 56.7 Å². The molecule has 13 rings (SSSR count). The summed E-state index contributed by atoms with van der Waals surface area (Å²) in [6.07, 6.45) is 2.47. The van der Waals surface area contributed by atoms with E-state index in [0.717, 1.165) is 56.6 Å². The van der Waals surface area contributed by atoms with Crippen LogP contribution in [-0.2, 0) is 88.5 Å². The van der Waals surface area contributed by atoms with Crippen molar-refractivity contribution in [3.8, 4) is 56.7 Å². The van der Waals surface area contributed by atoms with Crippen LogP contribution < -0.4 is 35.5 Å². The quantitative estimate of drug-likeness (QED) is 0.0541. The molecule has 2 aliphatic heterocycles. The molecule has 90 heavy (non-hydrogen) atoms. The Kier molecular flexibility index (Phi) is 22.1. The molecule has 7 aromatic carbocycles. The van der Waals surface area contributed by atoms with Gasteiger partial charge >= 0.3 is 66.4 Å². The summed E-state index contributed by atoms with van der Waals surface area (Å²) < 4.78 is 59.4. The van der Waals surface area contributed by atoms with Crippen LogP contribution in [0.15, 0.2) is 220 Å². The summed E-state index contributed by atoms with van der Waals surface area (Å²) in [5, 5.41) is 21.1. The summed E-state index contributed by atoms with van der Waals surface area (Å²) in [4.78, 5) is 62.4. The van der Waals surface area contributed by atoms with Crippen LogP contribution in [0.3, 0.4) is 0 Å². The first kappa shape index (κ1) is 67.1. The van der Waals surface area contributed by atoms with Gasteiger partial charge in [-0.1, -0.05) is 126 Å². The second-order valence-electron chi connectivity index (χ2n) is 19.3. The van der Waals surface area contributed by atoms with Crippen molar-refractivity contribution >= 4 is 54.5 Å². The molecule has 454 valence electrons. The predicted octanol–water partition coefficient (Wildman–Crippen LogP) is 9.45. The zero-order chi connectivity index (χ0) is 60.9. The summed E-state index contributed by atoms with van der Waals surface area (Å²) in [5.41, 5.74) is 4.77. The second-order valence-corrected chi connectivity index (χ2v) is 20.2. The third-order valence-electron chi connectivity index (χ3n) is 13.8. The van der Waals surface area contributed by atoms with Crippen molar-refractivity contribution in [2.45, 2.75) is 22.1 Å². The number of anilines is 3. The van der Waals surface area contributed by atoms with Crippen molar-refractivity contribution in [1.29, 1.82) is 0 Å². The summed E-state index contributed by atoms with van der Waals surface area (Å²) in [6.45, 7) is 0. The van der Waals surface area contributed by atoms with Crippen molar-refractivity contribution < 1.29 is 101 Å². The number of carboxylic acids is 2. The zero-order valence-corrected chi connectivity index (χ0v) is 55.1. The molecule has 2 atom stereocenters. The molecular weight excluding hydrogens is 1740 g/mol. The number of carboxylic acid groups (broad SMARTS) is 2. The Balaban J connectivity index is 0.000000174. The van der Waals surface area contributed by atoms with Crippen LogP contribution in [0.2, 0.25) is 0 Å². The van der Waals surface area contributed by atoms with E-state index in [4.69, 9.17) is 25.3 Å². The minimum atomic E-state index is -1.03. The van der Waals surface area contributed by atoms with Gasteiger partial charge in [0.15, 0.2) is 22.4 Å². The number of nitrogens with zero attached hydrogens (tertiary/aromatic N) is 11. The predicted molar refractivity (Wildman–Crippen MR) is 321 cm³/mol. The number of carbonyl (C=O) groups is 2. The van der Waals surface area contributed by atoms with Gasteiger partial charge < -0.3 is 35.5 Å². The van der Waals surface area contributed by atoms with Gasteiger partial charge in [0.05, 0.1) is 22.5 Å². The molecule has 0 aliphatic carbocycles. The van der Waals surface area contributed by atoms with Crippen molar-refractivity contribution in [2.24, 2.45) is 9.98 Å². The van der Waals surface area contributed by atoms with Gasteiger partial charge in [0.25, 0.3) is 0 Å². The monoisotopic (exact) mass is 1780 g/mol. The average Bonchev–Trinajstić information content (AvgIpc) is 1.63. The Labute approximate surface area is 565 Å². The summed E-state index contributed by atoms with van der Waals surface area (Å²) >= 11 is 10.8. The van der Waals surface area contributed by atoms with E-state index in [1.165, 1.54) is 12.1 Å². The molecule has 6 heterocycles. The van der Waals surface area contributed by atoms with Gasteiger partial charge in [0.2, 0.25) is 10.7 Å². The van der Waals surface area contributed by atoms with Crippen molar-refractivity contribution in [1.82, 2.24) is 39.1 Å². The molecule has 0 bridgehead atoms. The van der Waals surface area contributed by atoms with Crippen LogP contribution in [0.5, 0.6) is 0 Å². The number of hydrogen-bond donors (Lipinski definition) is 2. The summed E-state index contributed by atoms with van der Waals surface area (Å²) in [6, 6.07) is 57.0. The molecule has 15 nitrogen and oxygen atoms in total. The second kappa shape index (κ2) is 29.7. The molecule has 0 amide bonds. The molecule has 4 aromatic heterocycles. The molecule has 0 spiro atoms. The number of fused-ring (bicyclic) bond motifs is 2. The average molecular weight is 1780 g/mol. The zero-order valence-electron chi connectivity index (χ0n) is 46.6. The normalized spacial score (nSPS) is 13.1. The topological polar surface area (TPSA) is 186 Å². The number of para-hydroxylation sites is 3. The van der Waals surface area contributed by atoms with E-state index in [-0.39, 0.29) is 96.8 Å². The number of benzene rings is 7. The molecule has 24 heteroatoms. The van der Waals surface area contributed by atoms with Crippen molar-refractivity contribution in [2.75, 3.05) is 19.0 Å². The minimum absolute atomic E-state index is 0. The number of aromatic carboxylic acids is 2. The van der Waals surface area contributed by atoms with E-state index in [0.29, 0.717) is 50.4 Å². The Morgan fingerprint density at radius 3 is 1.30 bits per heavy atom. The van der Waals surface area contributed by atoms with E-state index in [9.17, 15) is 37.4 Å². The Bertz CT molecular complexity index is 4520. The number of likely N-dealkylation sites (N-methyl/N-ethyl adjacent to an activating group) is 2. The van der Waals surface area contributed by atoms with Gasteiger partial charge in [-0.3, -0.25) is 32.4 Å². The minimum Gasteiger partial charge on any atom is -0.779 e. The van der Waals surface area contributed by atoms with Crippen LogP contribution in [0.1, 0.15) is 20.7 Å². The molecule has 0 fully saturated rings. The number of halogens is 4. The van der Waals surface area contributed by atoms with Gasteiger partial charge in [-0.05, 0) is 71.0 Å². The Hall–Kier alpha value is -8.84. The van der Waals surface area contributed by atoms with Gasteiger partial charge in [0.1, 0.15) is 25.7 Å². The largest absolute Gasteiger partial charge is 2.00 e. The smallest absolute Gasteiger partial charge is 0.779 e. The standard InChI is InChI=1S/C28H15F4N3.C20H14N4S2.C18H14N4O4.3Pt/c29-18-12-14-21(23(31)16-18)25-8-4-10-27(33-25)35(20-6-2-1-3-7-20)28-11-5-9-26(34-28)22-15-13-19(30)17-24(22)32;25-17-7-3-1-5-13(17)15-9-11-21-19(23-15)20-22-12-10-16(24-20)14-6-2-4-8-18(14)26;1-21-11-7-3-5-9(17(23)24)13(11)19-15(21)16-20-14-10(18(25)26)6-4-8-12(14)22(16)2;;;/h1-13,16-17H;1-12,25-26H;3-8,15-16H,1-2H3;;;/q-2;;;;2*+2. The fourth-order valence-corrected chi connectivity index (χ4v) is 10.2. The van der Waals surface area contributed by atoms with E-state index < -0.39 is 47.5 Å². The van der Waals surface area contributed by atoms with E-state index in [2.05, 4.69) is 52.0 Å². The third-order valence-corrected chi connectivity index (χ3v) is 14.6. The molecule has 2 N–H and O–H groups in total. The molecule has 0 saturated heterocycles. The molecule has 11 aromatic rings. The molecule has 0 saturated carbocycles. The number of hydrogen-bond acceptors (Lipinski definition) is 13. The number of rotatable bonds is 11. The first-order valence-electron chi connectivity index (χ1n) is 26.4. The molecule has 2 aliphatic rings. The number of aromatic nitrogens is 6. The van der Waals surface area contributed by atoms with Gasteiger partial charge in [-0.25, -0.2) is 39.5 Å². The SMILES string of the molecule is C[N+]1=c2cccc(C(=O)O)c2=NC1C1N=c2c(C(=O)O)cccc2=[N+]1C.Fc1c[c-]c(-c2cccc(N(c3ccccc3)c3cccc(-c4[c-]cc(F)cc4F)n3)n2)c(F)c1.[Pt+2].[Pt+2].[Pt].[S-]c1ccccc1-c1ccnc(-c2nccc(-c3ccccc3[S-])n2)n1. The third kappa shape index (κ3) is 14.4. The molecule has 0 radical (unpaired) electrons. The van der Waals surface area contributed by atoms with E-state index in [1.807, 2.05) is 126 Å². The Morgan fingerprint density at radius 1 is 0.500 bits per heavy atom. The van der Waals surface area contributed by atoms with Gasteiger partial charge in [0, 0.05) is 74.5 Å². The Morgan fingerprint density at radius 2 is 0.900 bits per heavy atom. The van der Waals surface area contributed by atoms with Crippen molar-refractivity contribution in [3.63, 3.8) is 0 Å². The molecule has 2 unspecified atom stereocenters. The van der Waals surface area contributed by atoms with E-state index >= 15 is 0 Å². The summed E-state index contributed by atoms with van der Waals surface area (Å²) in [7, 11) is 3.66. The maximum Gasteiger partial charge on any atom is 2.00 e. The van der Waals surface area contributed by atoms with Crippen LogP contribution in [-0.4, -0.2) is 78.5 Å². The first-order valence-corrected chi connectivity index (χ1v) is 27.3. The maximum absolute atomic E-state index is 14.4. The summed E-state index contributed by atoms with van der Waals surface area (Å²) in [5.74, 6) is -3.45. The van der Waals surface area contributed by atoms with E-state index in [1.54, 1.807) is 65.8 Å². The number of pyridine rings is 2.